The van der Waals surface area contributed by atoms with Gasteiger partial charge in [-0.25, -0.2) is 0 Å². The molecule has 0 atom stereocenters. The molecule has 0 spiro atoms. The molecule has 0 saturated heterocycles. The largest absolute Gasteiger partial charge is 0.0625 e. The summed E-state index contributed by atoms with van der Waals surface area (Å²) in [6.07, 6.45) is 1.60. The molecule has 0 unspecified atom stereocenters. The van der Waals surface area contributed by atoms with E-state index in [1.807, 2.05) is 0 Å². The third-order valence-electron chi connectivity index (χ3n) is 4.71. The molecule has 11 heavy (non-hydrogen) atoms. The van der Waals surface area contributed by atoms with Crippen LogP contribution in [-0.2, 0) is 0 Å². The van der Waals surface area contributed by atoms with Gasteiger partial charge in [0.05, 0.1) is 0 Å². The Labute approximate surface area is 69.4 Å². The molecular formula is C11H18. The van der Waals surface area contributed by atoms with Crippen LogP contribution in [0.25, 0.3) is 0 Å². The van der Waals surface area contributed by atoms with Gasteiger partial charge in [0.1, 0.15) is 0 Å². The van der Waals surface area contributed by atoms with Crippen molar-refractivity contribution in [2.24, 2.45) is 34.5 Å². The lowest BCUT2D eigenvalue weighted by Crippen LogP contribution is -2.29. The van der Waals surface area contributed by atoms with Crippen LogP contribution in [0.2, 0.25) is 0 Å². The Kier molecular flexibility index (Phi) is 0.767. The lowest BCUT2D eigenvalue weighted by molar-refractivity contribution is 0.128. The average Bonchev–Trinajstić information content (AvgIpc) is 2.37. The van der Waals surface area contributed by atoms with E-state index in [-0.39, 0.29) is 0 Å². The first-order valence-corrected chi connectivity index (χ1v) is 5.09. The third-order valence-corrected chi connectivity index (χ3v) is 4.71. The molecule has 0 aromatic carbocycles. The fraction of sp³-hybridized carbons (Fsp3) is 1.00. The van der Waals surface area contributed by atoms with E-state index in [4.69, 9.17) is 0 Å². The Bertz CT molecular complexity index is 192. The van der Waals surface area contributed by atoms with Crippen LogP contribution in [0, 0.1) is 34.5 Å². The zero-order valence-electron chi connectivity index (χ0n) is 8.02. The van der Waals surface area contributed by atoms with Crippen molar-refractivity contribution in [2.45, 2.75) is 34.1 Å². The fourth-order valence-corrected chi connectivity index (χ4v) is 4.66. The van der Waals surface area contributed by atoms with Crippen LogP contribution in [-0.4, -0.2) is 0 Å². The molecule has 0 nitrogen and oxygen atoms in total. The van der Waals surface area contributed by atoms with Crippen molar-refractivity contribution < 1.29 is 0 Å². The Morgan fingerprint density at radius 3 is 1.45 bits per heavy atom. The predicted octanol–water partition coefficient (Wildman–Crippen LogP) is 2.93. The minimum absolute atomic E-state index is 0.940. The van der Waals surface area contributed by atoms with Gasteiger partial charge in [0.15, 0.2) is 0 Å². The van der Waals surface area contributed by atoms with Crippen molar-refractivity contribution in [3.8, 4) is 0 Å². The zero-order valence-corrected chi connectivity index (χ0v) is 8.02. The van der Waals surface area contributed by atoms with Crippen LogP contribution in [0.3, 0.4) is 0 Å². The number of hydrogen-bond donors (Lipinski definition) is 0. The van der Waals surface area contributed by atoms with E-state index >= 15 is 0 Å². The first kappa shape index (κ1) is 6.51. The molecule has 62 valence electrons. The quantitative estimate of drug-likeness (QED) is 0.567. The molecule has 3 fully saturated rings. The normalized spacial score (nSPS) is 62.7. The maximum atomic E-state index is 2.40. The summed E-state index contributed by atoms with van der Waals surface area (Å²) in [7, 11) is 0. The van der Waals surface area contributed by atoms with Gasteiger partial charge in [0.25, 0.3) is 0 Å². The summed E-state index contributed by atoms with van der Waals surface area (Å²) in [4.78, 5) is 0. The molecule has 3 aliphatic rings. The molecular weight excluding hydrogens is 132 g/mol. The second-order valence-corrected chi connectivity index (χ2v) is 5.70. The summed E-state index contributed by atoms with van der Waals surface area (Å²) in [5.41, 5.74) is 1.88. The van der Waals surface area contributed by atoms with Crippen molar-refractivity contribution >= 4 is 0 Å². The Morgan fingerprint density at radius 1 is 0.909 bits per heavy atom. The molecule has 0 amide bonds. The molecule has 3 rings (SSSR count). The number of rotatable bonds is 2. The molecule has 0 aromatic heterocycles. The van der Waals surface area contributed by atoms with E-state index in [9.17, 15) is 0 Å². The highest BCUT2D eigenvalue weighted by atomic mass is 15.1. The van der Waals surface area contributed by atoms with Crippen LogP contribution >= 0.6 is 0 Å². The SMILES string of the molecule is CC(C)C1C23CC12C3C(C)C. The summed E-state index contributed by atoms with van der Waals surface area (Å²) in [6.45, 7) is 9.60. The molecule has 0 heterocycles. The van der Waals surface area contributed by atoms with Gasteiger partial charge in [0, 0.05) is 0 Å². The van der Waals surface area contributed by atoms with Crippen LogP contribution in [0.1, 0.15) is 34.1 Å². The maximum absolute atomic E-state index is 2.40. The van der Waals surface area contributed by atoms with Gasteiger partial charge in [-0.2, -0.15) is 0 Å². The second kappa shape index (κ2) is 1.30. The standard InChI is InChI=1S/C11H18/c1-6(2)8-10-5-11(8,10)9(10)7(3)4/h6-9H,5H2,1-4H3. The second-order valence-electron chi connectivity index (χ2n) is 5.70. The molecule has 0 radical (unpaired) electrons. The van der Waals surface area contributed by atoms with Crippen molar-refractivity contribution in [1.82, 2.24) is 0 Å². The van der Waals surface area contributed by atoms with Gasteiger partial charge in [-0.3, -0.25) is 0 Å². The van der Waals surface area contributed by atoms with Crippen molar-refractivity contribution in [2.75, 3.05) is 0 Å². The fourth-order valence-electron chi connectivity index (χ4n) is 4.66. The minimum atomic E-state index is 0.940. The molecule has 0 N–H and O–H groups in total. The Morgan fingerprint density at radius 2 is 1.27 bits per heavy atom. The highest BCUT2D eigenvalue weighted by molar-refractivity contribution is 5.56. The van der Waals surface area contributed by atoms with Crippen LogP contribution in [0.4, 0.5) is 0 Å². The summed E-state index contributed by atoms with van der Waals surface area (Å²) in [5.74, 6) is 4.25. The van der Waals surface area contributed by atoms with E-state index in [1.54, 1.807) is 6.42 Å². The van der Waals surface area contributed by atoms with E-state index < -0.39 is 0 Å². The van der Waals surface area contributed by atoms with E-state index in [1.165, 1.54) is 0 Å². The molecule has 0 heteroatoms. The van der Waals surface area contributed by atoms with Crippen LogP contribution in [0.15, 0.2) is 0 Å². The van der Waals surface area contributed by atoms with Gasteiger partial charge < -0.3 is 0 Å². The van der Waals surface area contributed by atoms with E-state index in [2.05, 4.69) is 27.7 Å². The first-order valence-electron chi connectivity index (χ1n) is 5.09. The lowest BCUT2D eigenvalue weighted by Gasteiger charge is -2.35. The van der Waals surface area contributed by atoms with Gasteiger partial charge in [-0.1, -0.05) is 27.7 Å². The Balaban J connectivity index is 1.74. The van der Waals surface area contributed by atoms with Gasteiger partial charge in [-0.15, -0.1) is 0 Å². The van der Waals surface area contributed by atoms with Crippen LogP contribution < -0.4 is 0 Å². The lowest BCUT2D eigenvalue weighted by atomic mass is 9.70. The first-order chi connectivity index (χ1) is 5.09. The van der Waals surface area contributed by atoms with Crippen molar-refractivity contribution in [3.05, 3.63) is 0 Å². The summed E-state index contributed by atoms with van der Waals surface area (Å²) in [6, 6.07) is 0. The summed E-state index contributed by atoms with van der Waals surface area (Å²) >= 11 is 0. The smallest absolute Gasteiger partial charge is 0.0156 e. The van der Waals surface area contributed by atoms with Crippen molar-refractivity contribution in [1.29, 1.82) is 0 Å². The van der Waals surface area contributed by atoms with Gasteiger partial charge >= 0.3 is 0 Å². The third kappa shape index (κ3) is 0.381. The predicted molar refractivity (Wildman–Crippen MR) is 46.1 cm³/mol. The highest BCUT2D eigenvalue weighted by Gasteiger charge is 3.10. The molecule has 0 bridgehead atoms. The van der Waals surface area contributed by atoms with Gasteiger partial charge in [0.2, 0.25) is 0 Å². The summed E-state index contributed by atoms with van der Waals surface area (Å²) in [5, 5.41) is 0. The molecule has 3 saturated carbocycles. The van der Waals surface area contributed by atoms with Gasteiger partial charge in [-0.05, 0) is 40.9 Å². The maximum Gasteiger partial charge on any atom is -0.0156 e. The topological polar surface area (TPSA) is 0 Å². The van der Waals surface area contributed by atoms with E-state index in [0.29, 0.717) is 0 Å². The molecule has 0 aromatic rings. The minimum Gasteiger partial charge on any atom is -0.0625 e. The Hall–Kier alpha value is 0. The number of hydrogen-bond acceptors (Lipinski definition) is 0. The zero-order chi connectivity index (χ0) is 8.02. The monoisotopic (exact) mass is 150 g/mol. The molecule has 3 aliphatic carbocycles. The molecule has 0 aliphatic heterocycles. The average molecular weight is 150 g/mol. The summed E-state index contributed by atoms with van der Waals surface area (Å²) < 4.78 is 0. The highest BCUT2D eigenvalue weighted by Crippen LogP contribution is 3.14. The van der Waals surface area contributed by atoms with Crippen LogP contribution in [0.5, 0.6) is 0 Å². The van der Waals surface area contributed by atoms with E-state index in [0.717, 1.165) is 34.5 Å². The van der Waals surface area contributed by atoms with Crippen molar-refractivity contribution in [3.63, 3.8) is 0 Å².